The van der Waals surface area contributed by atoms with Gasteiger partial charge in [0.2, 0.25) is 0 Å². The van der Waals surface area contributed by atoms with Crippen LogP contribution in [-0.4, -0.2) is 4.98 Å². The second-order valence-electron chi connectivity index (χ2n) is 5.27. The molecule has 4 rings (SSSR count). The van der Waals surface area contributed by atoms with E-state index in [0.717, 1.165) is 27.5 Å². The topological polar surface area (TPSA) is 24.9 Å². The number of nitrogens with one attached hydrogen (secondary N) is 1. The molecular weight excluding hydrogens is 355 g/mol. The van der Waals surface area contributed by atoms with E-state index in [1.807, 2.05) is 54.6 Å². The quantitative estimate of drug-likeness (QED) is 0.438. The van der Waals surface area contributed by atoms with Crippen LogP contribution in [0.15, 0.2) is 71.2 Å². The first-order valence-electron chi connectivity index (χ1n) is 7.22. The van der Waals surface area contributed by atoms with Gasteiger partial charge in [-0.2, -0.15) is 0 Å². The van der Waals surface area contributed by atoms with Gasteiger partial charge in [-0.15, -0.1) is 0 Å². The van der Waals surface area contributed by atoms with Gasteiger partial charge in [-0.25, -0.2) is 9.37 Å². The number of aromatic nitrogens is 1. The minimum atomic E-state index is -0.302. The molecule has 4 heteroatoms. The lowest BCUT2D eigenvalue weighted by Crippen LogP contribution is -1.97. The zero-order valence-corrected chi connectivity index (χ0v) is 13.6. The number of fused-ring (bicyclic) bond motifs is 2. The predicted molar refractivity (Wildman–Crippen MR) is 96.6 cm³/mol. The average Bonchev–Trinajstić information content (AvgIpc) is 2.56. The van der Waals surface area contributed by atoms with Crippen LogP contribution in [0.4, 0.5) is 15.8 Å². The van der Waals surface area contributed by atoms with Gasteiger partial charge in [0.1, 0.15) is 5.82 Å². The second-order valence-corrected chi connectivity index (χ2v) is 6.19. The predicted octanol–water partition coefficient (Wildman–Crippen LogP) is 6.03. The smallest absolute Gasteiger partial charge is 0.147 e. The lowest BCUT2D eigenvalue weighted by atomic mass is 10.1. The summed E-state index contributed by atoms with van der Waals surface area (Å²) in [6.45, 7) is 0. The molecule has 23 heavy (non-hydrogen) atoms. The van der Waals surface area contributed by atoms with Gasteiger partial charge in [-0.1, -0.05) is 52.3 Å². The molecule has 4 aromatic rings. The van der Waals surface area contributed by atoms with E-state index in [1.54, 1.807) is 6.07 Å². The summed E-state index contributed by atoms with van der Waals surface area (Å²) in [5, 5.41) is 5.18. The van der Waals surface area contributed by atoms with Crippen LogP contribution in [0.3, 0.4) is 0 Å². The SMILES string of the molecule is Fc1cc(Br)ccc1Nc1c2ccccc2nc2ccccc12. The molecular formula is C19H12BrFN2. The maximum atomic E-state index is 14.2. The summed E-state index contributed by atoms with van der Waals surface area (Å²) in [4.78, 5) is 4.68. The molecule has 0 radical (unpaired) electrons. The third-order valence-electron chi connectivity index (χ3n) is 3.78. The van der Waals surface area contributed by atoms with E-state index in [-0.39, 0.29) is 5.82 Å². The van der Waals surface area contributed by atoms with Gasteiger partial charge in [0.15, 0.2) is 0 Å². The van der Waals surface area contributed by atoms with E-state index in [2.05, 4.69) is 26.2 Å². The number of nitrogens with zero attached hydrogens (tertiary/aromatic N) is 1. The van der Waals surface area contributed by atoms with Crippen molar-refractivity contribution < 1.29 is 4.39 Å². The Bertz CT molecular complexity index is 976. The fourth-order valence-corrected chi connectivity index (χ4v) is 3.03. The zero-order chi connectivity index (χ0) is 15.8. The molecule has 0 unspecified atom stereocenters. The molecule has 0 bridgehead atoms. The van der Waals surface area contributed by atoms with Crippen LogP contribution in [0.1, 0.15) is 0 Å². The van der Waals surface area contributed by atoms with E-state index >= 15 is 0 Å². The fraction of sp³-hybridized carbons (Fsp3) is 0. The van der Waals surface area contributed by atoms with Crippen molar-refractivity contribution in [1.29, 1.82) is 0 Å². The van der Waals surface area contributed by atoms with Gasteiger partial charge in [0.25, 0.3) is 0 Å². The largest absolute Gasteiger partial charge is 0.352 e. The Morgan fingerprint density at radius 1 is 0.826 bits per heavy atom. The van der Waals surface area contributed by atoms with Crippen molar-refractivity contribution in [3.8, 4) is 0 Å². The maximum Gasteiger partial charge on any atom is 0.147 e. The second kappa shape index (κ2) is 5.63. The van der Waals surface area contributed by atoms with Crippen molar-refractivity contribution in [2.45, 2.75) is 0 Å². The van der Waals surface area contributed by atoms with Crippen LogP contribution in [0.2, 0.25) is 0 Å². The Morgan fingerprint density at radius 3 is 2.04 bits per heavy atom. The fourth-order valence-electron chi connectivity index (χ4n) is 2.70. The van der Waals surface area contributed by atoms with Gasteiger partial charge < -0.3 is 5.32 Å². The lowest BCUT2D eigenvalue weighted by Gasteiger charge is -2.14. The molecule has 0 aliphatic heterocycles. The molecule has 1 N–H and O–H groups in total. The number of hydrogen-bond donors (Lipinski definition) is 1. The van der Waals surface area contributed by atoms with Crippen LogP contribution in [0.25, 0.3) is 21.8 Å². The molecule has 0 amide bonds. The Labute approximate surface area is 141 Å². The minimum absolute atomic E-state index is 0.302. The van der Waals surface area contributed by atoms with E-state index < -0.39 is 0 Å². The van der Waals surface area contributed by atoms with Gasteiger partial charge >= 0.3 is 0 Å². The van der Waals surface area contributed by atoms with Crippen molar-refractivity contribution in [2.75, 3.05) is 5.32 Å². The van der Waals surface area contributed by atoms with E-state index in [0.29, 0.717) is 10.2 Å². The first-order chi connectivity index (χ1) is 11.2. The van der Waals surface area contributed by atoms with E-state index in [1.165, 1.54) is 6.07 Å². The highest BCUT2D eigenvalue weighted by Crippen LogP contribution is 2.34. The minimum Gasteiger partial charge on any atom is -0.352 e. The van der Waals surface area contributed by atoms with Crippen molar-refractivity contribution >= 4 is 49.1 Å². The summed E-state index contributed by atoms with van der Waals surface area (Å²) in [5.74, 6) is -0.302. The molecule has 112 valence electrons. The molecule has 0 atom stereocenters. The van der Waals surface area contributed by atoms with Gasteiger partial charge in [-0.3, -0.25) is 0 Å². The van der Waals surface area contributed by atoms with Gasteiger partial charge in [-0.05, 0) is 30.3 Å². The molecule has 0 saturated carbocycles. The number of halogens is 2. The Hall–Kier alpha value is -2.46. The van der Waals surface area contributed by atoms with Crippen LogP contribution >= 0.6 is 15.9 Å². The summed E-state index contributed by atoms with van der Waals surface area (Å²) in [5.41, 5.74) is 3.07. The van der Waals surface area contributed by atoms with Gasteiger partial charge in [0, 0.05) is 15.2 Å². The number of benzene rings is 3. The third-order valence-corrected chi connectivity index (χ3v) is 4.27. The normalized spacial score (nSPS) is 11.0. The molecule has 3 aromatic carbocycles. The Balaban J connectivity index is 1.99. The summed E-state index contributed by atoms with van der Waals surface area (Å²) in [7, 11) is 0. The molecule has 0 aliphatic rings. The number of pyridine rings is 1. The third kappa shape index (κ3) is 2.55. The molecule has 0 fully saturated rings. The lowest BCUT2D eigenvalue weighted by molar-refractivity contribution is 0.631. The molecule has 2 nitrogen and oxygen atoms in total. The molecule has 0 saturated heterocycles. The highest BCUT2D eigenvalue weighted by molar-refractivity contribution is 9.10. The summed E-state index contributed by atoms with van der Waals surface area (Å²) >= 11 is 3.28. The van der Waals surface area contributed by atoms with Crippen molar-refractivity contribution in [2.24, 2.45) is 0 Å². The number of para-hydroxylation sites is 2. The van der Waals surface area contributed by atoms with Crippen molar-refractivity contribution in [3.05, 3.63) is 77.0 Å². The first kappa shape index (κ1) is 14.2. The first-order valence-corrected chi connectivity index (χ1v) is 8.01. The number of hydrogen-bond acceptors (Lipinski definition) is 2. The summed E-state index contributed by atoms with van der Waals surface area (Å²) in [6.07, 6.45) is 0. The average molecular weight is 367 g/mol. The standard InChI is InChI=1S/C19H12BrFN2/c20-12-9-10-18(15(21)11-12)23-19-13-5-1-3-7-16(13)22-17-8-4-2-6-14(17)19/h1-11H,(H,22,23). The monoisotopic (exact) mass is 366 g/mol. The zero-order valence-electron chi connectivity index (χ0n) is 12.1. The molecule has 1 heterocycles. The van der Waals surface area contributed by atoms with Crippen molar-refractivity contribution in [3.63, 3.8) is 0 Å². The van der Waals surface area contributed by atoms with Crippen molar-refractivity contribution in [1.82, 2.24) is 4.98 Å². The number of anilines is 2. The van der Waals surface area contributed by atoms with Crippen LogP contribution < -0.4 is 5.32 Å². The number of rotatable bonds is 2. The molecule has 0 spiro atoms. The van der Waals surface area contributed by atoms with Crippen LogP contribution in [-0.2, 0) is 0 Å². The van der Waals surface area contributed by atoms with E-state index in [4.69, 9.17) is 0 Å². The highest BCUT2D eigenvalue weighted by Gasteiger charge is 2.11. The summed E-state index contributed by atoms with van der Waals surface area (Å²) < 4.78 is 14.9. The molecule has 1 aromatic heterocycles. The highest BCUT2D eigenvalue weighted by atomic mass is 79.9. The molecule has 0 aliphatic carbocycles. The van der Waals surface area contributed by atoms with Crippen LogP contribution in [0, 0.1) is 5.82 Å². The Morgan fingerprint density at radius 2 is 1.43 bits per heavy atom. The van der Waals surface area contributed by atoms with Gasteiger partial charge in [0.05, 0.1) is 22.4 Å². The van der Waals surface area contributed by atoms with Crippen LogP contribution in [0.5, 0.6) is 0 Å². The Kier molecular flexibility index (Phi) is 3.46. The van der Waals surface area contributed by atoms with E-state index in [9.17, 15) is 4.39 Å². The maximum absolute atomic E-state index is 14.2. The summed E-state index contributed by atoms with van der Waals surface area (Å²) in [6, 6.07) is 20.7.